The minimum absolute atomic E-state index is 0. The molecule has 1 aromatic heterocycles. The molecule has 6 heteroatoms. The molecule has 2 rings (SSSR count). The van der Waals surface area contributed by atoms with E-state index < -0.39 is 0 Å². The molecule has 1 heterocycles. The Bertz CT molecular complexity index is 815. The number of rotatable bonds is 17. The highest BCUT2D eigenvalue weighted by Crippen LogP contribution is 2.23. The molecule has 0 radical (unpaired) electrons. The zero-order chi connectivity index (χ0) is 23.7. The SMILES string of the molecule is CCCCCCCCCCCCOc1ccc(CC(=O)NCc2cc[n+](CC)cc2)c(Cl)c1.[I-]. The molecule has 0 atom stereocenters. The molecule has 1 aromatic carbocycles. The van der Waals surface area contributed by atoms with Crippen LogP contribution in [0.4, 0.5) is 0 Å². The first-order valence-corrected chi connectivity index (χ1v) is 13.2. The summed E-state index contributed by atoms with van der Waals surface area (Å²) >= 11 is 6.40. The second-order valence-electron chi connectivity index (χ2n) is 8.77. The number of pyridine rings is 1. The van der Waals surface area contributed by atoms with Gasteiger partial charge in [0.2, 0.25) is 5.91 Å². The lowest BCUT2D eigenvalue weighted by Crippen LogP contribution is -3.00. The maximum atomic E-state index is 12.3. The fraction of sp³-hybridized carbons (Fsp3) is 0.571. The lowest BCUT2D eigenvalue weighted by atomic mass is 10.1. The highest BCUT2D eigenvalue weighted by Gasteiger charge is 2.09. The van der Waals surface area contributed by atoms with Gasteiger partial charge in [-0.15, -0.1) is 0 Å². The van der Waals surface area contributed by atoms with Gasteiger partial charge in [0.25, 0.3) is 0 Å². The summed E-state index contributed by atoms with van der Waals surface area (Å²) < 4.78 is 7.94. The van der Waals surface area contributed by atoms with Crippen LogP contribution in [0.15, 0.2) is 42.7 Å². The highest BCUT2D eigenvalue weighted by molar-refractivity contribution is 6.31. The Morgan fingerprint density at radius 3 is 2.12 bits per heavy atom. The van der Waals surface area contributed by atoms with Crippen LogP contribution >= 0.6 is 11.6 Å². The van der Waals surface area contributed by atoms with Gasteiger partial charge in [0.15, 0.2) is 12.4 Å². The van der Waals surface area contributed by atoms with Gasteiger partial charge in [-0.05, 0) is 36.6 Å². The van der Waals surface area contributed by atoms with Crippen molar-refractivity contribution in [2.75, 3.05) is 6.61 Å². The first-order valence-electron chi connectivity index (χ1n) is 12.8. The smallest absolute Gasteiger partial charge is 0.224 e. The monoisotopic (exact) mass is 600 g/mol. The molecule has 2 aromatic rings. The standard InChI is InChI=1S/C28H41ClN2O2.HI/c1-3-5-6-7-8-9-10-11-12-13-20-33-26-15-14-25(27(29)22-26)21-28(32)30-23-24-16-18-31(4-2)19-17-24;/h14-19,22H,3-13,20-21,23H2,1-2H3;1H. The fourth-order valence-electron chi connectivity index (χ4n) is 3.79. The lowest BCUT2D eigenvalue weighted by Gasteiger charge is -2.10. The predicted octanol–water partition coefficient (Wildman–Crippen LogP) is 3.81. The first kappa shape index (κ1) is 30.7. The molecule has 0 spiro atoms. The molecule has 0 saturated heterocycles. The Labute approximate surface area is 228 Å². The number of unbranched alkanes of at least 4 members (excludes halogenated alkanes) is 9. The van der Waals surface area contributed by atoms with E-state index in [-0.39, 0.29) is 36.3 Å². The topological polar surface area (TPSA) is 42.2 Å². The van der Waals surface area contributed by atoms with Crippen molar-refractivity contribution in [1.82, 2.24) is 5.32 Å². The second kappa shape index (κ2) is 18.9. The van der Waals surface area contributed by atoms with Gasteiger partial charge >= 0.3 is 0 Å². The molecule has 0 aliphatic rings. The van der Waals surface area contributed by atoms with Crippen LogP contribution in [0.5, 0.6) is 5.75 Å². The molecule has 1 amide bonds. The largest absolute Gasteiger partial charge is 1.00 e. The number of aromatic nitrogens is 1. The van der Waals surface area contributed by atoms with Crippen LogP contribution in [-0.4, -0.2) is 12.5 Å². The molecule has 0 aliphatic carbocycles. The highest BCUT2D eigenvalue weighted by atomic mass is 127. The van der Waals surface area contributed by atoms with E-state index in [1.54, 1.807) is 0 Å². The number of amides is 1. The van der Waals surface area contributed by atoms with Crippen LogP contribution in [0, 0.1) is 0 Å². The van der Waals surface area contributed by atoms with Gasteiger partial charge < -0.3 is 34.0 Å². The molecular formula is C28H42ClIN2O2. The van der Waals surface area contributed by atoms with E-state index >= 15 is 0 Å². The van der Waals surface area contributed by atoms with E-state index in [4.69, 9.17) is 16.3 Å². The maximum Gasteiger partial charge on any atom is 0.224 e. The van der Waals surface area contributed by atoms with E-state index in [1.807, 2.05) is 42.7 Å². The summed E-state index contributed by atoms with van der Waals surface area (Å²) in [5.74, 6) is 0.733. The van der Waals surface area contributed by atoms with Crippen molar-refractivity contribution in [3.8, 4) is 5.75 Å². The quantitative estimate of drug-likeness (QED) is 0.171. The van der Waals surface area contributed by atoms with E-state index in [2.05, 4.69) is 23.7 Å². The Kier molecular flexibility index (Phi) is 17.1. The number of halogens is 2. The fourth-order valence-corrected chi connectivity index (χ4v) is 4.03. The van der Waals surface area contributed by atoms with Crippen molar-refractivity contribution in [2.45, 2.75) is 97.6 Å². The zero-order valence-electron chi connectivity index (χ0n) is 21.0. The van der Waals surface area contributed by atoms with Crippen molar-refractivity contribution in [1.29, 1.82) is 0 Å². The van der Waals surface area contributed by atoms with E-state index in [9.17, 15) is 4.79 Å². The molecule has 0 fully saturated rings. The minimum Gasteiger partial charge on any atom is -1.00 e. The average Bonchev–Trinajstić information content (AvgIpc) is 2.83. The van der Waals surface area contributed by atoms with Crippen LogP contribution in [0.1, 0.15) is 89.2 Å². The third-order valence-electron chi connectivity index (χ3n) is 5.96. The van der Waals surface area contributed by atoms with E-state index in [0.29, 0.717) is 18.2 Å². The number of carbonyl (C=O) groups is 1. The van der Waals surface area contributed by atoms with Gasteiger partial charge in [-0.1, -0.05) is 82.4 Å². The number of hydrogen-bond donors (Lipinski definition) is 1. The van der Waals surface area contributed by atoms with Crippen LogP contribution in [0.3, 0.4) is 0 Å². The summed E-state index contributed by atoms with van der Waals surface area (Å²) in [5.41, 5.74) is 1.90. The lowest BCUT2D eigenvalue weighted by molar-refractivity contribution is -0.693. The van der Waals surface area contributed by atoms with Gasteiger partial charge in [0.05, 0.1) is 13.0 Å². The number of ether oxygens (including phenoxy) is 1. The molecular weight excluding hydrogens is 559 g/mol. The van der Waals surface area contributed by atoms with Crippen LogP contribution < -0.4 is 38.6 Å². The summed E-state index contributed by atoms with van der Waals surface area (Å²) in [6.07, 6.45) is 17.4. The third-order valence-corrected chi connectivity index (χ3v) is 6.31. The summed E-state index contributed by atoms with van der Waals surface area (Å²) in [6, 6.07) is 9.67. The first-order chi connectivity index (χ1) is 16.1. The van der Waals surface area contributed by atoms with E-state index in [1.165, 1.54) is 57.8 Å². The van der Waals surface area contributed by atoms with Gasteiger partial charge in [0.1, 0.15) is 12.3 Å². The predicted molar refractivity (Wildman–Crippen MR) is 137 cm³/mol. The summed E-state index contributed by atoms with van der Waals surface area (Å²) in [5, 5.41) is 3.54. The molecule has 0 unspecified atom stereocenters. The Morgan fingerprint density at radius 2 is 1.53 bits per heavy atom. The maximum absolute atomic E-state index is 12.3. The average molecular weight is 601 g/mol. The van der Waals surface area contributed by atoms with Crippen molar-refractivity contribution in [2.24, 2.45) is 0 Å². The van der Waals surface area contributed by atoms with Crippen molar-refractivity contribution in [3.05, 3.63) is 58.9 Å². The van der Waals surface area contributed by atoms with Crippen LogP contribution in [0.2, 0.25) is 5.02 Å². The molecule has 4 nitrogen and oxygen atoms in total. The summed E-state index contributed by atoms with van der Waals surface area (Å²) in [6.45, 7) is 6.52. The number of carbonyl (C=O) groups excluding carboxylic acids is 1. The number of nitrogens with zero attached hydrogens (tertiary/aromatic N) is 1. The molecule has 0 bridgehead atoms. The van der Waals surface area contributed by atoms with Crippen molar-refractivity contribution in [3.63, 3.8) is 0 Å². The number of benzene rings is 1. The summed E-state index contributed by atoms with van der Waals surface area (Å²) in [4.78, 5) is 12.3. The second-order valence-corrected chi connectivity index (χ2v) is 9.18. The van der Waals surface area contributed by atoms with Crippen LogP contribution in [0.25, 0.3) is 0 Å². The minimum atomic E-state index is -0.0387. The Morgan fingerprint density at radius 1 is 0.912 bits per heavy atom. The zero-order valence-corrected chi connectivity index (χ0v) is 23.9. The molecule has 1 N–H and O–H groups in total. The normalized spacial score (nSPS) is 10.6. The van der Waals surface area contributed by atoms with Gasteiger partial charge in [-0.25, -0.2) is 4.57 Å². The Hall–Kier alpha value is -1.34. The van der Waals surface area contributed by atoms with Crippen LogP contribution in [-0.2, 0) is 24.3 Å². The molecule has 0 saturated carbocycles. The molecule has 0 aliphatic heterocycles. The Balaban J connectivity index is 0.00000578. The van der Waals surface area contributed by atoms with Gasteiger partial charge in [-0.3, -0.25) is 4.79 Å². The van der Waals surface area contributed by atoms with Crippen molar-refractivity contribution < 1.29 is 38.1 Å². The number of aryl methyl sites for hydroxylation is 1. The number of hydrogen-bond acceptors (Lipinski definition) is 2. The molecule has 190 valence electrons. The summed E-state index contributed by atoms with van der Waals surface area (Å²) in [7, 11) is 0. The third kappa shape index (κ3) is 12.9. The van der Waals surface area contributed by atoms with Gasteiger partial charge in [-0.2, -0.15) is 0 Å². The number of nitrogens with one attached hydrogen (secondary N) is 1. The van der Waals surface area contributed by atoms with Gasteiger partial charge in [0, 0.05) is 23.7 Å². The van der Waals surface area contributed by atoms with Crippen molar-refractivity contribution >= 4 is 17.5 Å². The molecule has 34 heavy (non-hydrogen) atoms. The van der Waals surface area contributed by atoms with E-state index in [0.717, 1.165) is 29.8 Å².